The smallest absolute Gasteiger partial charge is 0.416 e. The summed E-state index contributed by atoms with van der Waals surface area (Å²) in [5.74, 6) is 1.43. The predicted molar refractivity (Wildman–Crippen MR) is 103 cm³/mol. The van der Waals surface area contributed by atoms with Crippen molar-refractivity contribution in [1.82, 2.24) is 0 Å². The molecule has 3 aromatic rings. The van der Waals surface area contributed by atoms with E-state index >= 15 is 0 Å². The summed E-state index contributed by atoms with van der Waals surface area (Å²) < 4.78 is 49.9. The van der Waals surface area contributed by atoms with Gasteiger partial charge in [0.1, 0.15) is 24.7 Å². The van der Waals surface area contributed by atoms with Crippen molar-refractivity contribution < 1.29 is 22.6 Å². The lowest BCUT2D eigenvalue weighted by Crippen LogP contribution is -2.11. The Morgan fingerprint density at radius 1 is 0.750 bits per heavy atom. The maximum Gasteiger partial charge on any atom is 0.416 e. The van der Waals surface area contributed by atoms with Crippen LogP contribution in [0.3, 0.4) is 0 Å². The number of nitrogens with one attached hydrogen (secondary N) is 1. The van der Waals surface area contributed by atoms with Gasteiger partial charge in [0.05, 0.1) is 5.56 Å². The van der Waals surface area contributed by atoms with E-state index in [4.69, 9.17) is 9.47 Å². The lowest BCUT2D eigenvalue weighted by molar-refractivity contribution is -0.137. The molecule has 6 heteroatoms. The maximum atomic E-state index is 12.8. The van der Waals surface area contributed by atoms with E-state index in [9.17, 15) is 13.2 Å². The highest BCUT2D eigenvalue weighted by molar-refractivity contribution is 5.48. The van der Waals surface area contributed by atoms with Crippen molar-refractivity contribution in [3.63, 3.8) is 0 Å². The van der Waals surface area contributed by atoms with E-state index in [1.165, 1.54) is 6.07 Å². The molecule has 0 saturated heterocycles. The Morgan fingerprint density at radius 2 is 1.46 bits per heavy atom. The quantitative estimate of drug-likeness (QED) is 0.498. The van der Waals surface area contributed by atoms with Crippen LogP contribution >= 0.6 is 0 Å². The van der Waals surface area contributed by atoms with Gasteiger partial charge in [-0.25, -0.2) is 0 Å². The molecule has 28 heavy (non-hydrogen) atoms. The molecule has 0 amide bonds. The average molecular weight is 387 g/mol. The van der Waals surface area contributed by atoms with Crippen LogP contribution in [0.15, 0.2) is 78.9 Å². The summed E-state index contributed by atoms with van der Waals surface area (Å²) in [4.78, 5) is 0. The van der Waals surface area contributed by atoms with Gasteiger partial charge in [-0.15, -0.1) is 0 Å². The molecule has 0 heterocycles. The molecule has 0 aliphatic carbocycles. The van der Waals surface area contributed by atoms with Crippen LogP contribution in [-0.2, 0) is 12.7 Å². The molecule has 0 saturated carbocycles. The monoisotopic (exact) mass is 387 g/mol. The molecule has 0 fully saturated rings. The molecule has 0 spiro atoms. The van der Waals surface area contributed by atoms with Gasteiger partial charge in [0.25, 0.3) is 0 Å². The number of ether oxygens (including phenoxy) is 2. The van der Waals surface area contributed by atoms with Crippen molar-refractivity contribution in [2.45, 2.75) is 12.7 Å². The number of alkyl halides is 3. The number of para-hydroxylation sites is 2. The third kappa shape index (κ3) is 5.67. The Balaban J connectivity index is 1.55. The van der Waals surface area contributed by atoms with Gasteiger partial charge >= 0.3 is 6.18 Å². The van der Waals surface area contributed by atoms with Crippen LogP contribution in [-0.4, -0.2) is 13.2 Å². The number of anilines is 1. The Morgan fingerprint density at radius 3 is 2.25 bits per heavy atom. The van der Waals surface area contributed by atoms with E-state index in [2.05, 4.69) is 5.32 Å². The minimum Gasteiger partial charge on any atom is -0.490 e. The minimum atomic E-state index is -4.36. The summed E-state index contributed by atoms with van der Waals surface area (Å²) in [6, 6.07) is 22.0. The molecular formula is C22H20F3NO2. The van der Waals surface area contributed by atoms with E-state index in [0.717, 1.165) is 23.4 Å². The van der Waals surface area contributed by atoms with Gasteiger partial charge in [-0.1, -0.05) is 42.5 Å². The third-order valence-corrected chi connectivity index (χ3v) is 4.00. The lowest BCUT2D eigenvalue weighted by atomic mass is 10.1. The van der Waals surface area contributed by atoms with E-state index in [-0.39, 0.29) is 0 Å². The zero-order valence-corrected chi connectivity index (χ0v) is 15.1. The summed E-state index contributed by atoms with van der Waals surface area (Å²) in [6.07, 6.45) is -4.36. The van der Waals surface area contributed by atoms with Crippen LogP contribution in [0.5, 0.6) is 11.5 Å². The molecule has 1 N–H and O–H groups in total. The summed E-state index contributed by atoms with van der Waals surface area (Å²) in [7, 11) is 0. The fourth-order valence-electron chi connectivity index (χ4n) is 2.62. The van der Waals surface area contributed by atoms with Crippen LogP contribution in [0.1, 0.15) is 11.1 Å². The second-order valence-electron chi connectivity index (χ2n) is 6.05. The van der Waals surface area contributed by atoms with Crippen molar-refractivity contribution in [3.8, 4) is 11.5 Å². The van der Waals surface area contributed by atoms with Crippen LogP contribution in [0.2, 0.25) is 0 Å². The molecule has 3 aromatic carbocycles. The summed E-state index contributed by atoms with van der Waals surface area (Å²) in [6.45, 7) is 1.09. The Hall–Kier alpha value is -3.15. The molecule has 0 radical (unpaired) electrons. The molecule has 0 aromatic heterocycles. The van der Waals surface area contributed by atoms with Gasteiger partial charge < -0.3 is 14.8 Å². The molecule has 146 valence electrons. The number of hydrogen-bond acceptors (Lipinski definition) is 3. The highest BCUT2D eigenvalue weighted by atomic mass is 19.4. The molecule has 0 aliphatic heterocycles. The van der Waals surface area contributed by atoms with Gasteiger partial charge in [0, 0.05) is 17.8 Å². The van der Waals surface area contributed by atoms with Crippen LogP contribution in [0.4, 0.5) is 18.9 Å². The first-order valence-corrected chi connectivity index (χ1v) is 8.82. The van der Waals surface area contributed by atoms with Gasteiger partial charge in [-0.2, -0.15) is 13.2 Å². The highest BCUT2D eigenvalue weighted by Crippen LogP contribution is 2.31. The Kier molecular flexibility index (Phi) is 6.42. The molecule has 3 rings (SSSR count). The first-order valence-electron chi connectivity index (χ1n) is 8.82. The minimum absolute atomic E-state index is 0.344. The Bertz CT molecular complexity index is 882. The summed E-state index contributed by atoms with van der Waals surface area (Å²) in [5, 5.41) is 3.02. The van der Waals surface area contributed by atoms with E-state index < -0.39 is 11.7 Å². The fourth-order valence-corrected chi connectivity index (χ4v) is 2.62. The fraction of sp³-hybridized carbons (Fsp3) is 0.182. The van der Waals surface area contributed by atoms with Gasteiger partial charge in [-0.3, -0.25) is 0 Å². The zero-order chi connectivity index (χ0) is 19.8. The van der Waals surface area contributed by atoms with Crippen molar-refractivity contribution in [2.75, 3.05) is 18.5 Å². The topological polar surface area (TPSA) is 30.5 Å². The largest absolute Gasteiger partial charge is 0.490 e. The average Bonchev–Trinajstić information content (AvgIpc) is 2.71. The van der Waals surface area contributed by atoms with Gasteiger partial charge in [-0.05, 0) is 36.4 Å². The molecule has 3 nitrogen and oxygen atoms in total. The SMILES string of the molecule is FC(F)(F)c1cccc(NCc2ccccc2OCCOc2ccccc2)c1. The van der Waals surface area contributed by atoms with Crippen molar-refractivity contribution in [1.29, 1.82) is 0 Å². The molecule has 0 atom stereocenters. The molecular weight excluding hydrogens is 367 g/mol. The number of hydrogen-bond donors (Lipinski definition) is 1. The first-order chi connectivity index (χ1) is 13.5. The maximum absolute atomic E-state index is 12.8. The van der Waals surface area contributed by atoms with Gasteiger partial charge in [0.15, 0.2) is 0 Å². The van der Waals surface area contributed by atoms with Crippen LogP contribution in [0.25, 0.3) is 0 Å². The summed E-state index contributed by atoms with van der Waals surface area (Å²) in [5.41, 5.74) is 0.566. The molecule has 0 unspecified atom stereocenters. The van der Waals surface area contributed by atoms with E-state index in [1.807, 2.05) is 54.6 Å². The van der Waals surface area contributed by atoms with E-state index in [0.29, 0.717) is 31.2 Å². The first kappa shape index (κ1) is 19.6. The zero-order valence-electron chi connectivity index (χ0n) is 15.1. The lowest BCUT2D eigenvalue weighted by Gasteiger charge is -2.14. The number of benzene rings is 3. The summed E-state index contributed by atoms with van der Waals surface area (Å²) >= 11 is 0. The molecule has 0 aliphatic rings. The van der Waals surface area contributed by atoms with Crippen LogP contribution in [0, 0.1) is 0 Å². The number of halogens is 3. The van der Waals surface area contributed by atoms with Crippen molar-refractivity contribution in [3.05, 3.63) is 90.0 Å². The van der Waals surface area contributed by atoms with E-state index in [1.54, 1.807) is 6.07 Å². The van der Waals surface area contributed by atoms with Gasteiger partial charge in [0.2, 0.25) is 0 Å². The van der Waals surface area contributed by atoms with Crippen molar-refractivity contribution in [2.24, 2.45) is 0 Å². The normalized spacial score (nSPS) is 11.1. The standard InChI is InChI=1S/C22H20F3NO2/c23-22(24,25)18-8-6-9-19(15-18)26-16-17-7-4-5-12-21(17)28-14-13-27-20-10-2-1-3-11-20/h1-12,15,26H,13-14,16H2. The predicted octanol–water partition coefficient (Wildman–Crippen LogP) is 5.78. The Labute approximate surface area is 161 Å². The third-order valence-electron chi connectivity index (χ3n) is 4.00. The second-order valence-corrected chi connectivity index (χ2v) is 6.05. The van der Waals surface area contributed by atoms with Crippen LogP contribution < -0.4 is 14.8 Å². The second kappa shape index (κ2) is 9.17. The highest BCUT2D eigenvalue weighted by Gasteiger charge is 2.30. The van der Waals surface area contributed by atoms with Crippen molar-refractivity contribution >= 4 is 5.69 Å². The number of rotatable bonds is 8. The molecule has 0 bridgehead atoms.